The van der Waals surface area contributed by atoms with Crippen LogP contribution in [0.3, 0.4) is 0 Å². The van der Waals surface area contributed by atoms with Crippen molar-refractivity contribution in [1.82, 2.24) is 0 Å². The van der Waals surface area contributed by atoms with Crippen molar-refractivity contribution < 1.29 is 47.5 Å². The standard InChI is InChI=1S/C43H70NO10P/c1-3-5-7-9-11-13-15-17-18-19-20-21-22-23-25-26-28-30-32-34-41(45)51-36-39(37-52-55(49,50)53-38-40(44)43(47)48)54-42(46)35-33-31-29-27-24-16-14-12-10-8-6-4-2/h5,7,11-14,17-18,20-21,23,25,28,30,39-40H,3-4,6,8-10,15-16,19,22,24,26-27,29,31-38,44H2,1-2H3,(H,47,48)(H,49,50)/b7-5-,13-11-,14-12-,18-17-,21-20-,25-23-,30-28-/t39-,40+/m1/s1. The van der Waals surface area contributed by atoms with Crippen LogP contribution in [0, 0.1) is 0 Å². The van der Waals surface area contributed by atoms with E-state index in [0.717, 1.165) is 77.0 Å². The summed E-state index contributed by atoms with van der Waals surface area (Å²) in [6, 6.07) is -1.54. The molecule has 0 aromatic carbocycles. The number of carboxylic acids is 1. The van der Waals surface area contributed by atoms with Gasteiger partial charge in [-0.2, -0.15) is 0 Å². The first-order valence-electron chi connectivity index (χ1n) is 20.1. The van der Waals surface area contributed by atoms with E-state index in [0.29, 0.717) is 12.8 Å². The quantitative estimate of drug-likeness (QED) is 0.0239. The molecule has 0 fully saturated rings. The Morgan fingerprint density at radius 3 is 1.60 bits per heavy atom. The zero-order valence-corrected chi connectivity index (χ0v) is 34.4. The number of rotatable bonds is 36. The summed E-state index contributed by atoms with van der Waals surface area (Å²) in [5, 5.41) is 8.87. The number of aliphatic carboxylic acids is 1. The summed E-state index contributed by atoms with van der Waals surface area (Å²) >= 11 is 0. The van der Waals surface area contributed by atoms with E-state index in [9.17, 15) is 23.8 Å². The lowest BCUT2D eigenvalue weighted by atomic mass is 10.1. The van der Waals surface area contributed by atoms with Crippen LogP contribution >= 0.6 is 7.82 Å². The molecule has 0 saturated carbocycles. The number of hydrogen-bond acceptors (Lipinski definition) is 9. The minimum atomic E-state index is -4.73. The molecule has 0 amide bonds. The second kappa shape index (κ2) is 37.6. The Morgan fingerprint density at radius 1 is 0.582 bits per heavy atom. The second-order valence-corrected chi connectivity index (χ2v) is 14.5. The van der Waals surface area contributed by atoms with Crippen LogP contribution in [0.5, 0.6) is 0 Å². The number of allylic oxidation sites excluding steroid dienone is 14. The minimum Gasteiger partial charge on any atom is -0.480 e. The highest BCUT2D eigenvalue weighted by molar-refractivity contribution is 7.47. The number of phosphoric acid groups is 1. The van der Waals surface area contributed by atoms with Gasteiger partial charge in [0.25, 0.3) is 0 Å². The molecule has 0 aromatic rings. The number of carbonyl (C=O) groups is 3. The Hall–Kier alpha value is -3.34. The van der Waals surface area contributed by atoms with Crippen LogP contribution in [0.4, 0.5) is 0 Å². The average molecular weight is 792 g/mol. The van der Waals surface area contributed by atoms with Gasteiger partial charge in [-0.1, -0.05) is 131 Å². The fourth-order valence-corrected chi connectivity index (χ4v) is 5.51. The van der Waals surface area contributed by atoms with Crippen molar-refractivity contribution in [2.45, 2.75) is 148 Å². The molecule has 0 aliphatic rings. The molecule has 0 heterocycles. The molecule has 0 aliphatic heterocycles. The summed E-state index contributed by atoms with van der Waals surface area (Å²) in [6.07, 6.45) is 45.3. The third-order valence-corrected chi connectivity index (χ3v) is 8.84. The van der Waals surface area contributed by atoms with Crippen molar-refractivity contribution in [1.29, 1.82) is 0 Å². The van der Waals surface area contributed by atoms with E-state index in [2.05, 4.69) is 91.3 Å². The fourth-order valence-electron chi connectivity index (χ4n) is 4.73. The van der Waals surface area contributed by atoms with Crippen molar-refractivity contribution in [3.63, 3.8) is 0 Å². The molecule has 55 heavy (non-hydrogen) atoms. The third-order valence-electron chi connectivity index (χ3n) is 7.89. The number of ether oxygens (including phenoxy) is 2. The lowest BCUT2D eigenvalue weighted by Crippen LogP contribution is -2.34. The van der Waals surface area contributed by atoms with Gasteiger partial charge in [0, 0.05) is 12.8 Å². The average Bonchev–Trinajstić information content (AvgIpc) is 3.16. The van der Waals surface area contributed by atoms with E-state index in [1.807, 2.05) is 12.2 Å². The Labute approximate surface area is 331 Å². The molecule has 0 bridgehead atoms. The molecule has 312 valence electrons. The zero-order valence-electron chi connectivity index (χ0n) is 33.5. The van der Waals surface area contributed by atoms with Crippen molar-refractivity contribution in [2.24, 2.45) is 5.73 Å². The third kappa shape index (κ3) is 37.4. The Bertz CT molecular complexity index is 1250. The highest BCUT2D eigenvalue weighted by Gasteiger charge is 2.28. The predicted molar refractivity (Wildman–Crippen MR) is 221 cm³/mol. The van der Waals surface area contributed by atoms with Crippen LogP contribution in [-0.4, -0.2) is 59.9 Å². The van der Waals surface area contributed by atoms with Gasteiger partial charge < -0.3 is 25.2 Å². The maximum absolute atomic E-state index is 12.6. The van der Waals surface area contributed by atoms with Crippen LogP contribution in [0.1, 0.15) is 136 Å². The van der Waals surface area contributed by atoms with Gasteiger partial charge in [0.2, 0.25) is 0 Å². The van der Waals surface area contributed by atoms with Gasteiger partial charge in [-0.3, -0.25) is 23.4 Å². The highest BCUT2D eigenvalue weighted by atomic mass is 31.2. The molecule has 3 atom stereocenters. The second-order valence-electron chi connectivity index (χ2n) is 13.0. The predicted octanol–water partition coefficient (Wildman–Crippen LogP) is 10.3. The van der Waals surface area contributed by atoms with Gasteiger partial charge in [-0.05, 0) is 77.0 Å². The van der Waals surface area contributed by atoms with E-state index >= 15 is 0 Å². The summed E-state index contributed by atoms with van der Waals surface area (Å²) in [7, 11) is -4.73. The Balaban J connectivity index is 4.55. The van der Waals surface area contributed by atoms with Crippen LogP contribution < -0.4 is 5.73 Å². The van der Waals surface area contributed by atoms with Crippen LogP contribution in [0.15, 0.2) is 85.1 Å². The number of phosphoric ester groups is 1. The first-order valence-corrected chi connectivity index (χ1v) is 21.6. The van der Waals surface area contributed by atoms with Gasteiger partial charge in [-0.25, -0.2) is 4.57 Å². The number of carboxylic acid groups (broad SMARTS) is 1. The summed E-state index contributed by atoms with van der Waals surface area (Å²) < 4.78 is 32.5. The molecule has 4 N–H and O–H groups in total. The lowest BCUT2D eigenvalue weighted by molar-refractivity contribution is -0.161. The van der Waals surface area contributed by atoms with E-state index in [1.165, 1.54) is 19.3 Å². The monoisotopic (exact) mass is 791 g/mol. The molecule has 11 nitrogen and oxygen atoms in total. The number of esters is 2. The van der Waals surface area contributed by atoms with Crippen molar-refractivity contribution >= 4 is 25.7 Å². The number of hydrogen-bond donors (Lipinski definition) is 3. The molecular weight excluding hydrogens is 721 g/mol. The molecule has 0 spiro atoms. The number of carbonyl (C=O) groups excluding carboxylic acids is 2. The first-order chi connectivity index (χ1) is 26.6. The van der Waals surface area contributed by atoms with Gasteiger partial charge in [-0.15, -0.1) is 0 Å². The molecule has 12 heteroatoms. The first kappa shape index (κ1) is 51.7. The van der Waals surface area contributed by atoms with Crippen LogP contribution in [0.25, 0.3) is 0 Å². The number of nitrogens with two attached hydrogens (primary N) is 1. The van der Waals surface area contributed by atoms with Gasteiger partial charge in [0.05, 0.1) is 13.2 Å². The van der Waals surface area contributed by atoms with E-state index in [4.69, 9.17) is 24.8 Å². The normalized spacial score (nSPS) is 14.7. The van der Waals surface area contributed by atoms with E-state index < -0.39 is 57.7 Å². The molecule has 1 unspecified atom stereocenters. The minimum absolute atomic E-state index is 0.0903. The van der Waals surface area contributed by atoms with E-state index in [1.54, 1.807) is 0 Å². The molecule has 0 aliphatic carbocycles. The molecular formula is C43H70NO10P. The summed E-state index contributed by atoms with van der Waals surface area (Å²) in [6.45, 7) is 2.54. The fraction of sp³-hybridized carbons (Fsp3) is 0.605. The largest absolute Gasteiger partial charge is 0.480 e. The smallest absolute Gasteiger partial charge is 0.472 e. The molecule has 0 rings (SSSR count). The number of unbranched alkanes of at least 4 members (excludes halogenated alkanes) is 8. The van der Waals surface area contributed by atoms with Crippen LogP contribution in [0.2, 0.25) is 0 Å². The molecule has 0 radical (unpaired) electrons. The zero-order chi connectivity index (χ0) is 40.7. The van der Waals surface area contributed by atoms with E-state index in [-0.39, 0.29) is 12.8 Å². The Kier molecular flexibility index (Phi) is 35.3. The molecule has 0 saturated heterocycles. The van der Waals surface area contributed by atoms with Crippen molar-refractivity contribution in [2.75, 3.05) is 19.8 Å². The highest BCUT2D eigenvalue weighted by Crippen LogP contribution is 2.43. The maximum atomic E-state index is 12.6. The SMILES string of the molecule is CC/C=C\C/C=C\C/C=C\C/C=C\C/C=C\C/C=C\CCC(=O)OC[C@H](COP(=O)(O)OC[C@H](N)C(=O)O)OC(=O)CCCCCCC/C=C\CCCCC. The Morgan fingerprint density at radius 2 is 1.05 bits per heavy atom. The summed E-state index contributed by atoms with van der Waals surface area (Å²) in [5.74, 6) is -2.51. The van der Waals surface area contributed by atoms with Crippen molar-refractivity contribution in [3.05, 3.63) is 85.1 Å². The van der Waals surface area contributed by atoms with Gasteiger partial charge in [0.1, 0.15) is 12.6 Å². The van der Waals surface area contributed by atoms with Gasteiger partial charge in [0.15, 0.2) is 6.10 Å². The maximum Gasteiger partial charge on any atom is 0.472 e. The lowest BCUT2D eigenvalue weighted by Gasteiger charge is -2.20. The summed E-state index contributed by atoms with van der Waals surface area (Å²) in [5.41, 5.74) is 5.31. The van der Waals surface area contributed by atoms with Crippen LogP contribution in [-0.2, 0) is 37.5 Å². The summed E-state index contributed by atoms with van der Waals surface area (Å²) in [4.78, 5) is 45.8. The molecule has 0 aromatic heterocycles. The van der Waals surface area contributed by atoms with Gasteiger partial charge >= 0.3 is 25.7 Å². The topological polar surface area (TPSA) is 172 Å². The van der Waals surface area contributed by atoms with Crippen molar-refractivity contribution in [3.8, 4) is 0 Å².